The maximum absolute atomic E-state index is 12.3. The number of rotatable bonds is 9. The summed E-state index contributed by atoms with van der Waals surface area (Å²) < 4.78 is 7.09. The molecule has 4 N–H and O–H groups in total. The minimum absolute atomic E-state index is 0.169. The summed E-state index contributed by atoms with van der Waals surface area (Å²) in [5, 5.41) is 3.18. The van der Waals surface area contributed by atoms with Crippen molar-refractivity contribution in [1.82, 2.24) is 19.5 Å². The molecule has 0 aliphatic carbocycles. The molecule has 0 radical (unpaired) electrons. The Morgan fingerprint density at radius 3 is 2.85 bits per heavy atom. The van der Waals surface area contributed by atoms with Crippen molar-refractivity contribution in [2.45, 2.75) is 58.4 Å². The summed E-state index contributed by atoms with van der Waals surface area (Å²) in [7, 11) is 0. The lowest BCUT2D eigenvalue weighted by Gasteiger charge is -2.21. The van der Waals surface area contributed by atoms with Gasteiger partial charge in [0.25, 0.3) is 0 Å². The van der Waals surface area contributed by atoms with Crippen LogP contribution in [-0.2, 0) is 11.3 Å². The molecule has 1 saturated heterocycles. The van der Waals surface area contributed by atoms with Crippen LogP contribution in [0.4, 0.5) is 11.8 Å². The first-order chi connectivity index (χ1) is 12.7. The Morgan fingerprint density at radius 2 is 2.08 bits per heavy atom. The van der Waals surface area contributed by atoms with Gasteiger partial charge in [0, 0.05) is 26.3 Å². The number of unbranched alkanes of at least 4 members (excludes halogenated alkanes) is 2. The lowest BCUT2D eigenvalue weighted by molar-refractivity contribution is 0.0631. The van der Waals surface area contributed by atoms with Gasteiger partial charge in [0.05, 0.1) is 0 Å². The number of aryl methyl sites for hydroxylation is 1. The van der Waals surface area contributed by atoms with Crippen LogP contribution in [0.5, 0.6) is 0 Å². The Kier molecular flexibility index (Phi) is 6.49. The number of nitrogens with one attached hydrogen (secondary N) is 2. The molecule has 1 aliphatic heterocycles. The summed E-state index contributed by atoms with van der Waals surface area (Å²) in [5.74, 6) is 1.56. The number of hydrogen-bond donors (Lipinski definition) is 3. The van der Waals surface area contributed by atoms with Gasteiger partial charge in [-0.1, -0.05) is 26.2 Å². The van der Waals surface area contributed by atoms with Gasteiger partial charge in [0.2, 0.25) is 5.95 Å². The number of fused-ring (bicyclic) bond motifs is 1. The third-order valence-corrected chi connectivity index (χ3v) is 5.05. The molecule has 0 unspecified atom stereocenters. The van der Waals surface area contributed by atoms with Gasteiger partial charge in [-0.25, -0.2) is 4.79 Å². The second-order valence-corrected chi connectivity index (χ2v) is 7.04. The fraction of sp³-hybridized carbons (Fsp3) is 0.722. The summed E-state index contributed by atoms with van der Waals surface area (Å²) in [4.78, 5) is 23.9. The Bertz CT molecular complexity index is 763. The molecule has 0 atom stereocenters. The van der Waals surface area contributed by atoms with E-state index in [1.54, 1.807) is 4.57 Å². The van der Waals surface area contributed by atoms with Crippen molar-refractivity contribution >= 4 is 22.9 Å². The molecule has 2 aromatic rings. The van der Waals surface area contributed by atoms with E-state index in [0.29, 0.717) is 29.5 Å². The predicted octanol–water partition coefficient (Wildman–Crippen LogP) is 2.51. The molecular formula is C18H30N6O2. The van der Waals surface area contributed by atoms with Crippen molar-refractivity contribution in [3.63, 3.8) is 0 Å². The van der Waals surface area contributed by atoms with E-state index in [4.69, 9.17) is 10.5 Å². The van der Waals surface area contributed by atoms with E-state index in [9.17, 15) is 4.79 Å². The maximum Gasteiger partial charge on any atom is 0.327 e. The minimum Gasteiger partial charge on any atom is -0.382 e. The summed E-state index contributed by atoms with van der Waals surface area (Å²) >= 11 is 0. The first kappa shape index (κ1) is 18.7. The number of nitrogens with two attached hydrogens (primary N) is 1. The van der Waals surface area contributed by atoms with Crippen LogP contribution in [0.3, 0.4) is 0 Å². The second-order valence-electron chi connectivity index (χ2n) is 7.04. The highest BCUT2D eigenvalue weighted by Crippen LogP contribution is 2.21. The van der Waals surface area contributed by atoms with Gasteiger partial charge >= 0.3 is 5.69 Å². The van der Waals surface area contributed by atoms with Crippen LogP contribution in [-0.4, -0.2) is 39.3 Å². The van der Waals surface area contributed by atoms with Gasteiger partial charge in [-0.05, 0) is 31.6 Å². The van der Waals surface area contributed by atoms with E-state index in [1.165, 1.54) is 6.42 Å². The smallest absolute Gasteiger partial charge is 0.327 e. The second kappa shape index (κ2) is 9.02. The Hall–Kier alpha value is -2.09. The van der Waals surface area contributed by atoms with E-state index in [0.717, 1.165) is 64.2 Å². The van der Waals surface area contributed by atoms with Crippen LogP contribution < -0.4 is 16.7 Å². The molecule has 8 nitrogen and oxygen atoms in total. The zero-order chi connectivity index (χ0) is 18.4. The highest BCUT2D eigenvalue weighted by Gasteiger charge is 2.15. The first-order valence-corrected chi connectivity index (χ1v) is 9.76. The molecule has 144 valence electrons. The van der Waals surface area contributed by atoms with E-state index >= 15 is 0 Å². The number of nitrogen functional groups attached to an aromatic ring is 1. The van der Waals surface area contributed by atoms with Gasteiger partial charge < -0.3 is 20.8 Å². The SMILES string of the molecule is CCCCNc1nc(N)c2[nH]c(=O)n(CCCCC3CCOCC3)c2n1. The average Bonchev–Trinajstić information content (AvgIpc) is 2.96. The summed E-state index contributed by atoms with van der Waals surface area (Å²) in [5.41, 5.74) is 6.96. The first-order valence-electron chi connectivity index (χ1n) is 9.76. The Labute approximate surface area is 153 Å². The molecule has 8 heteroatoms. The molecular weight excluding hydrogens is 332 g/mol. The Balaban J connectivity index is 1.64. The van der Waals surface area contributed by atoms with Crippen LogP contribution in [0.2, 0.25) is 0 Å². The number of ether oxygens (including phenoxy) is 1. The van der Waals surface area contributed by atoms with Crippen LogP contribution >= 0.6 is 0 Å². The predicted molar refractivity (Wildman–Crippen MR) is 103 cm³/mol. The number of imidazole rings is 1. The quantitative estimate of drug-likeness (QED) is 0.591. The van der Waals surface area contributed by atoms with Crippen molar-refractivity contribution in [2.24, 2.45) is 5.92 Å². The number of hydrogen-bond acceptors (Lipinski definition) is 6. The number of H-pyrrole nitrogens is 1. The normalized spacial score (nSPS) is 15.6. The lowest BCUT2D eigenvalue weighted by atomic mass is 9.94. The standard InChI is InChI=1S/C18H30N6O2/c1-2-3-9-20-17-22-15(19)14-16(23-17)24(18(25)21-14)10-5-4-6-13-7-11-26-12-8-13/h13H,2-12H2,1H3,(H,21,25)(H3,19,20,22,23). The van der Waals surface area contributed by atoms with Crippen molar-refractivity contribution < 1.29 is 4.74 Å². The van der Waals surface area contributed by atoms with Gasteiger partial charge in [0.1, 0.15) is 5.52 Å². The molecule has 0 spiro atoms. The number of aromatic nitrogens is 4. The largest absolute Gasteiger partial charge is 0.382 e. The van der Waals surface area contributed by atoms with Crippen molar-refractivity contribution in [2.75, 3.05) is 30.8 Å². The number of nitrogens with zero attached hydrogens (tertiary/aromatic N) is 3. The molecule has 0 bridgehead atoms. The fourth-order valence-electron chi connectivity index (χ4n) is 3.45. The summed E-state index contributed by atoms with van der Waals surface area (Å²) in [6, 6.07) is 0. The molecule has 26 heavy (non-hydrogen) atoms. The van der Waals surface area contributed by atoms with Crippen LogP contribution in [0.15, 0.2) is 4.79 Å². The molecule has 3 heterocycles. The fourth-order valence-corrected chi connectivity index (χ4v) is 3.45. The third-order valence-electron chi connectivity index (χ3n) is 5.05. The molecule has 1 fully saturated rings. The van der Waals surface area contributed by atoms with Gasteiger partial charge in [-0.2, -0.15) is 9.97 Å². The van der Waals surface area contributed by atoms with Crippen LogP contribution in [0.25, 0.3) is 11.2 Å². The number of anilines is 2. The minimum atomic E-state index is -0.169. The van der Waals surface area contributed by atoms with Gasteiger partial charge in [0.15, 0.2) is 11.5 Å². The van der Waals surface area contributed by atoms with E-state index in [2.05, 4.69) is 27.2 Å². The van der Waals surface area contributed by atoms with Crippen molar-refractivity contribution in [3.8, 4) is 0 Å². The molecule has 1 aliphatic rings. The third kappa shape index (κ3) is 4.55. The van der Waals surface area contributed by atoms with E-state index in [1.807, 2.05) is 0 Å². The maximum atomic E-state index is 12.3. The average molecular weight is 362 g/mol. The molecule has 0 aromatic carbocycles. The van der Waals surface area contributed by atoms with E-state index < -0.39 is 0 Å². The van der Waals surface area contributed by atoms with Crippen LogP contribution in [0.1, 0.15) is 51.9 Å². The molecule has 0 saturated carbocycles. The van der Waals surface area contributed by atoms with Gasteiger partial charge in [-0.3, -0.25) is 4.57 Å². The Morgan fingerprint density at radius 1 is 1.27 bits per heavy atom. The zero-order valence-corrected chi connectivity index (χ0v) is 15.6. The van der Waals surface area contributed by atoms with Crippen LogP contribution in [0, 0.1) is 5.92 Å². The summed E-state index contributed by atoms with van der Waals surface area (Å²) in [6.45, 7) is 5.34. The molecule has 0 amide bonds. The van der Waals surface area contributed by atoms with Crippen molar-refractivity contribution in [3.05, 3.63) is 10.5 Å². The summed E-state index contributed by atoms with van der Waals surface area (Å²) in [6.07, 6.45) is 7.69. The van der Waals surface area contributed by atoms with Crippen molar-refractivity contribution in [1.29, 1.82) is 0 Å². The highest BCUT2D eigenvalue weighted by atomic mass is 16.5. The van der Waals surface area contributed by atoms with E-state index in [-0.39, 0.29) is 5.69 Å². The lowest BCUT2D eigenvalue weighted by Crippen LogP contribution is -2.18. The topological polar surface area (TPSA) is 111 Å². The zero-order valence-electron chi connectivity index (χ0n) is 15.6. The van der Waals surface area contributed by atoms with Gasteiger partial charge in [-0.15, -0.1) is 0 Å². The monoisotopic (exact) mass is 362 g/mol. The molecule has 3 rings (SSSR count). The number of aromatic amines is 1. The highest BCUT2D eigenvalue weighted by molar-refractivity contribution is 5.82. The molecule has 2 aromatic heterocycles.